The predicted octanol–water partition coefficient (Wildman–Crippen LogP) is 2.07. The molecule has 2 aromatic carbocycles. The van der Waals surface area contributed by atoms with Crippen molar-refractivity contribution in [3.63, 3.8) is 0 Å². The number of nitrogens with zero attached hydrogens (tertiary/aromatic N) is 1. The molecule has 0 radical (unpaired) electrons. The summed E-state index contributed by atoms with van der Waals surface area (Å²) in [6.45, 7) is 2.92. The SMILES string of the molecule is CCN1CC(C(=O)NCC(Cc2cccc3ccccc23)C(=O)O)CC1=O. The van der Waals surface area contributed by atoms with Crippen molar-refractivity contribution in [3.05, 3.63) is 48.0 Å². The van der Waals surface area contributed by atoms with Gasteiger partial charge in [0, 0.05) is 26.1 Å². The molecule has 0 saturated carbocycles. The Labute approximate surface area is 158 Å². The monoisotopic (exact) mass is 368 g/mol. The fourth-order valence-corrected chi connectivity index (χ4v) is 3.60. The summed E-state index contributed by atoms with van der Waals surface area (Å²) in [7, 11) is 0. The lowest BCUT2D eigenvalue weighted by Gasteiger charge is -2.17. The molecule has 27 heavy (non-hydrogen) atoms. The summed E-state index contributed by atoms with van der Waals surface area (Å²) in [5, 5.41) is 14.4. The number of carboxylic acids is 1. The van der Waals surface area contributed by atoms with Gasteiger partial charge in [-0.05, 0) is 29.7 Å². The summed E-state index contributed by atoms with van der Waals surface area (Å²) in [6, 6.07) is 13.7. The number of carboxylic acid groups (broad SMARTS) is 1. The molecular formula is C21H24N2O4. The largest absolute Gasteiger partial charge is 0.481 e. The summed E-state index contributed by atoms with van der Waals surface area (Å²) in [5.74, 6) is -2.34. The Bertz CT molecular complexity index is 859. The predicted molar refractivity (Wildman–Crippen MR) is 102 cm³/mol. The van der Waals surface area contributed by atoms with Crippen molar-refractivity contribution in [3.8, 4) is 0 Å². The zero-order valence-electron chi connectivity index (χ0n) is 15.4. The Hall–Kier alpha value is -2.89. The van der Waals surface area contributed by atoms with Crippen LogP contribution in [0.15, 0.2) is 42.5 Å². The van der Waals surface area contributed by atoms with E-state index in [1.165, 1.54) is 0 Å². The first-order chi connectivity index (χ1) is 13.0. The van der Waals surface area contributed by atoms with Gasteiger partial charge in [-0.15, -0.1) is 0 Å². The summed E-state index contributed by atoms with van der Waals surface area (Å²) < 4.78 is 0. The number of likely N-dealkylation sites (tertiary alicyclic amines) is 1. The van der Waals surface area contributed by atoms with E-state index in [4.69, 9.17) is 0 Å². The van der Waals surface area contributed by atoms with E-state index in [0.717, 1.165) is 16.3 Å². The molecule has 6 nitrogen and oxygen atoms in total. The van der Waals surface area contributed by atoms with Crippen molar-refractivity contribution in [2.24, 2.45) is 11.8 Å². The van der Waals surface area contributed by atoms with Crippen molar-refractivity contribution in [1.82, 2.24) is 10.2 Å². The number of aliphatic carboxylic acids is 1. The summed E-state index contributed by atoms with van der Waals surface area (Å²) >= 11 is 0. The highest BCUT2D eigenvalue weighted by molar-refractivity contribution is 5.89. The molecule has 1 saturated heterocycles. The smallest absolute Gasteiger partial charge is 0.308 e. The normalized spacial score (nSPS) is 17.9. The second-order valence-electron chi connectivity index (χ2n) is 6.96. The average Bonchev–Trinajstić information content (AvgIpc) is 3.05. The maximum absolute atomic E-state index is 12.4. The minimum absolute atomic E-state index is 0.0248. The maximum atomic E-state index is 12.4. The Kier molecular flexibility index (Phi) is 5.74. The zero-order chi connectivity index (χ0) is 19.4. The number of rotatable bonds is 7. The third-order valence-electron chi connectivity index (χ3n) is 5.19. The number of hydrogen-bond donors (Lipinski definition) is 2. The number of carbonyl (C=O) groups is 3. The van der Waals surface area contributed by atoms with Gasteiger partial charge in [-0.1, -0.05) is 42.5 Å². The molecule has 2 unspecified atom stereocenters. The summed E-state index contributed by atoms with van der Waals surface area (Å²) in [4.78, 5) is 37.5. The third kappa shape index (κ3) is 4.27. The molecule has 0 aliphatic carbocycles. The molecule has 1 aliphatic rings. The van der Waals surface area contributed by atoms with Crippen molar-refractivity contribution in [2.45, 2.75) is 19.8 Å². The molecule has 0 spiro atoms. The highest BCUT2D eigenvalue weighted by atomic mass is 16.4. The minimum atomic E-state index is -0.944. The van der Waals surface area contributed by atoms with Crippen molar-refractivity contribution < 1.29 is 19.5 Å². The van der Waals surface area contributed by atoms with Gasteiger partial charge >= 0.3 is 5.97 Å². The molecule has 142 valence electrons. The minimum Gasteiger partial charge on any atom is -0.481 e. The fourth-order valence-electron chi connectivity index (χ4n) is 3.60. The van der Waals surface area contributed by atoms with Gasteiger partial charge in [0.25, 0.3) is 0 Å². The second kappa shape index (κ2) is 8.20. The number of carbonyl (C=O) groups excluding carboxylic acids is 2. The molecule has 1 heterocycles. The lowest BCUT2D eigenvalue weighted by molar-refractivity contribution is -0.141. The van der Waals surface area contributed by atoms with E-state index < -0.39 is 17.8 Å². The number of fused-ring (bicyclic) bond motifs is 1. The first-order valence-corrected chi connectivity index (χ1v) is 9.24. The topological polar surface area (TPSA) is 86.7 Å². The van der Waals surface area contributed by atoms with Crippen LogP contribution in [0.4, 0.5) is 0 Å². The lowest BCUT2D eigenvalue weighted by atomic mass is 9.94. The molecule has 2 amide bonds. The van der Waals surface area contributed by atoms with Crippen molar-refractivity contribution in [2.75, 3.05) is 19.6 Å². The van der Waals surface area contributed by atoms with E-state index in [1.54, 1.807) is 4.90 Å². The molecule has 0 aromatic heterocycles. The molecule has 2 aromatic rings. The number of hydrogen-bond acceptors (Lipinski definition) is 3. The van der Waals surface area contributed by atoms with Crippen LogP contribution in [0.3, 0.4) is 0 Å². The zero-order valence-corrected chi connectivity index (χ0v) is 15.4. The summed E-state index contributed by atoms with van der Waals surface area (Å²) in [6.07, 6.45) is 0.530. The van der Waals surface area contributed by atoms with Gasteiger partial charge in [0.1, 0.15) is 0 Å². The summed E-state index contributed by atoms with van der Waals surface area (Å²) in [5.41, 5.74) is 0.947. The quantitative estimate of drug-likeness (QED) is 0.783. The van der Waals surface area contributed by atoms with Gasteiger partial charge in [0.05, 0.1) is 11.8 Å². The fraction of sp³-hybridized carbons (Fsp3) is 0.381. The highest BCUT2D eigenvalue weighted by Gasteiger charge is 2.33. The van der Waals surface area contributed by atoms with Crippen LogP contribution in [0.1, 0.15) is 18.9 Å². The maximum Gasteiger partial charge on any atom is 0.308 e. The van der Waals surface area contributed by atoms with Gasteiger partial charge < -0.3 is 15.3 Å². The van der Waals surface area contributed by atoms with E-state index in [9.17, 15) is 19.5 Å². The molecule has 1 aliphatic heterocycles. The van der Waals surface area contributed by atoms with Crippen LogP contribution in [-0.4, -0.2) is 47.4 Å². The second-order valence-corrected chi connectivity index (χ2v) is 6.96. The molecule has 0 bridgehead atoms. The van der Waals surface area contributed by atoms with E-state index in [2.05, 4.69) is 5.32 Å². The van der Waals surface area contributed by atoms with Crippen molar-refractivity contribution >= 4 is 28.6 Å². The van der Waals surface area contributed by atoms with Gasteiger partial charge in [-0.3, -0.25) is 14.4 Å². The van der Waals surface area contributed by atoms with Gasteiger partial charge in [0.15, 0.2) is 0 Å². The van der Waals surface area contributed by atoms with Crippen LogP contribution in [0.25, 0.3) is 10.8 Å². The lowest BCUT2D eigenvalue weighted by Crippen LogP contribution is -2.38. The average molecular weight is 368 g/mol. The Morgan fingerprint density at radius 3 is 2.67 bits per heavy atom. The van der Waals surface area contributed by atoms with Crippen LogP contribution < -0.4 is 5.32 Å². The van der Waals surface area contributed by atoms with Crippen LogP contribution in [0, 0.1) is 11.8 Å². The molecule has 3 rings (SSSR count). The van der Waals surface area contributed by atoms with Crippen LogP contribution in [0.5, 0.6) is 0 Å². The highest BCUT2D eigenvalue weighted by Crippen LogP contribution is 2.22. The third-order valence-corrected chi connectivity index (χ3v) is 5.19. The number of nitrogens with one attached hydrogen (secondary N) is 1. The molecule has 6 heteroatoms. The Morgan fingerprint density at radius 1 is 1.22 bits per heavy atom. The number of benzene rings is 2. The standard InChI is InChI=1S/C21H24N2O4/c1-2-23-13-17(11-19(23)24)20(25)22-12-16(21(26)27)10-15-8-5-7-14-6-3-4-9-18(14)15/h3-9,16-17H,2,10-13H2,1H3,(H,22,25)(H,26,27). The van der Waals surface area contributed by atoms with Crippen molar-refractivity contribution in [1.29, 1.82) is 0 Å². The van der Waals surface area contributed by atoms with Gasteiger partial charge in [-0.25, -0.2) is 0 Å². The molecular weight excluding hydrogens is 344 g/mol. The molecule has 2 atom stereocenters. The van der Waals surface area contributed by atoms with Crippen LogP contribution in [-0.2, 0) is 20.8 Å². The van der Waals surface area contributed by atoms with Crippen LogP contribution in [0.2, 0.25) is 0 Å². The van der Waals surface area contributed by atoms with Gasteiger partial charge in [0.2, 0.25) is 11.8 Å². The van der Waals surface area contributed by atoms with E-state index in [-0.39, 0.29) is 24.8 Å². The first-order valence-electron chi connectivity index (χ1n) is 9.24. The van der Waals surface area contributed by atoms with E-state index in [1.807, 2.05) is 49.4 Å². The Balaban J connectivity index is 1.65. The van der Waals surface area contributed by atoms with E-state index in [0.29, 0.717) is 19.5 Å². The van der Waals surface area contributed by atoms with E-state index >= 15 is 0 Å². The Morgan fingerprint density at radius 2 is 1.96 bits per heavy atom. The first kappa shape index (κ1) is 18.9. The number of amides is 2. The molecule has 2 N–H and O–H groups in total. The van der Waals surface area contributed by atoms with Gasteiger partial charge in [-0.2, -0.15) is 0 Å². The van der Waals surface area contributed by atoms with Crippen LogP contribution >= 0.6 is 0 Å². The molecule has 1 fully saturated rings.